The Morgan fingerprint density at radius 2 is 1.69 bits per heavy atom. The molecule has 3 fully saturated rings. The molecule has 2 bridgehead atoms. The maximum Gasteiger partial charge on any atom is 0.306 e. The zero-order valence-electron chi connectivity index (χ0n) is 29.3. The highest BCUT2D eigenvalue weighted by molar-refractivity contribution is 6.05. The van der Waals surface area contributed by atoms with Crippen LogP contribution in [0.4, 0.5) is 5.69 Å². The molecule has 11 heteroatoms. The van der Waals surface area contributed by atoms with Crippen LogP contribution in [-0.4, -0.2) is 78.3 Å². The third-order valence-electron chi connectivity index (χ3n) is 10.4. The van der Waals surface area contributed by atoms with Crippen molar-refractivity contribution in [3.05, 3.63) is 121 Å². The molecule has 6 rings (SSSR count). The zero-order valence-corrected chi connectivity index (χ0v) is 29.3. The van der Waals surface area contributed by atoms with Crippen molar-refractivity contribution in [2.24, 2.45) is 11.8 Å². The Balaban J connectivity index is 1.37. The van der Waals surface area contributed by atoms with E-state index >= 15 is 4.79 Å². The second-order valence-electron chi connectivity index (χ2n) is 13.3. The van der Waals surface area contributed by atoms with Crippen LogP contribution >= 0.6 is 0 Å². The Morgan fingerprint density at radius 3 is 2.31 bits per heavy atom. The number of esters is 1. The molecule has 0 saturated carbocycles. The third-order valence-corrected chi connectivity index (χ3v) is 10.4. The van der Waals surface area contributed by atoms with E-state index in [0.29, 0.717) is 36.3 Å². The van der Waals surface area contributed by atoms with Crippen LogP contribution in [0.1, 0.15) is 48.9 Å². The van der Waals surface area contributed by atoms with E-state index in [0.717, 1.165) is 5.56 Å². The number of benzene rings is 3. The van der Waals surface area contributed by atoms with Gasteiger partial charge in [0.1, 0.15) is 24.0 Å². The standard InChI is InChI=1S/C41H45N3O8/c1-4-6-17-34(46)51-26-31(27-13-9-7-10-14-27)42-38(47)35-33-22-23-41(52-33)36(35)39(48)44(32(25-45)28-15-11-8-12-16-28)37(41)40(49)43(24-5-2)29-18-20-30(50-3)21-19-29/h4-5,7-16,18-21,31-33,35-37,45H,1-2,6,17,22-26H2,3H3,(H,42,47)/t31-,32-,33+,35-,36-,37+,41-/m1/s1. The van der Waals surface area contributed by atoms with Crippen molar-refractivity contribution in [3.8, 4) is 5.75 Å². The van der Waals surface area contributed by atoms with Crippen LogP contribution in [-0.2, 0) is 28.7 Å². The van der Waals surface area contributed by atoms with Gasteiger partial charge in [0.15, 0.2) is 0 Å². The normalized spacial score (nSPS) is 24.0. The van der Waals surface area contributed by atoms with Gasteiger partial charge in [-0.2, -0.15) is 0 Å². The van der Waals surface area contributed by atoms with Gasteiger partial charge in [-0.15, -0.1) is 13.2 Å². The number of carbonyl (C=O) groups is 4. The number of ether oxygens (including phenoxy) is 3. The van der Waals surface area contributed by atoms with E-state index in [1.54, 1.807) is 60.6 Å². The number of nitrogens with one attached hydrogen (secondary N) is 1. The second kappa shape index (κ2) is 16.0. The van der Waals surface area contributed by atoms with Crippen molar-refractivity contribution in [3.63, 3.8) is 0 Å². The summed E-state index contributed by atoms with van der Waals surface area (Å²) in [5, 5.41) is 13.9. The second-order valence-corrected chi connectivity index (χ2v) is 13.3. The molecule has 3 aliphatic heterocycles. The largest absolute Gasteiger partial charge is 0.497 e. The van der Waals surface area contributed by atoms with Gasteiger partial charge in [0, 0.05) is 18.7 Å². The average Bonchev–Trinajstić information content (AvgIpc) is 3.83. The predicted molar refractivity (Wildman–Crippen MR) is 194 cm³/mol. The monoisotopic (exact) mass is 707 g/mol. The van der Waals surface area contributed by atoms with Gasteiger partial charge in [0.05, 0.1) is 43.7 Å². The molecule has 3 aromatic carbocycles. The predicted octanol–water partition coefficient (Wildman–Crippen LogP) is 4.69. The minimum Gasteiger partial charge on any atom is -0.497 e. The fourth-order valence-corrected chi connectivity index (χ4v) is 8.04. The lowest BCUT2D eigenvalue weighted by atomic mass is 9.70. The van der Waals surface area contributed by atoms with Crippen molar-refractivity contribution in [1.29, 1.82) is 0 Å². The number of aliphatic hydroxyl groups excluding tert-OH is 1. The number of carbonyl (C=O) groups excluding carboxylic acids is 4. The zero-order chi connectivity index (χ0) is 36.8. The van der Waals surface area contributed by atoms with E-state index < -0.39 is 72.0 Å². The number of amides is 3. The van der Waals surface area contributed by atoms with Gasteiger partial charge in [0.2, 0.25) is 11.8 Å². The van der Waals surface area contributed by atoms with Crippen LogP contribution in [0.25, 0.3) is 0 Å². The highest BCUT2D eigenvalue weighted by atomic mass is 16.5. The molecule has 3 amide bonds. The van der Waals surface area contributed by atoms with Gasteiger partial charge >= 0.3 is 5.97 Å². The molecule has 52 heavy (non-hydrogen) atoms. The Morgan fingerprint density at radius 1 is 1.02 bits per heavy atom. The maximum atomic E-state index is 15.0. The molecule has 272 valence electrons. The first-order valence-corrected chi connectivity index (χ1v) is 17.6. The van der Waals surface area contributed by atoms with Gasteiger partial charge in [-0.1, -0.05) is 72.8 Å². The van der Waals surface area contributed by atoms with Gasteiger partial charge < -0.3 is 34.4 Å². The highest BCUT2D eigenvalue weighted by Crippen LogP contribution is 2.60. The lowest BCUT2D eigenvalue weighted by Gasteiger charge is -2.39. The van der Waals surface area contributed by atoms with Crippen LogP contribution in [0.2, 0.25) is 0 Å². The first kappa shape index (κ1) is 36.5. The Kier molecular flexibility index (Phi) is 11.2. The summed E-state index contributed by atoms with van der Waals surface area (Å²) in [6, 6.07) is 22.5. The average molecular weight is 708 g/mol. The molecule has 0 radical (unpaired) electrons. The molecule has 0 unspecified atom stereocenters. The molecule has 11 nitrogen and oxygen atoms in total. The first-order valence-electron chi connectivity index (χ1n) is 17.6. The number of aliphatic hydroxyl groups is 1. The fraction of sp³-hybridized carbons (Fsp3) is 0.366. The van der Waals surface area contributed by atoms with E-state index in [-0.39, 0.29) is 19.6 Å². The van der Waals surface area contributed by atoms with Gasteiger partial charge in [-0.25, -0.2) is 0 Å². The number of likely N-dealkylation sites (tertiary alicyclic amines) is 1. The minimum absolute atomic E-state index is 0.111. The van der Waals surface area contributed by atoms with Crippen molar-refractivity contribution in [2.75, 3.05) is 31.8 Å². The SMILES string of the molecule is C=CCCC(=O)OC[C@@H](NC(=O)[C@@H]1[C@@H]2CC[C@]3(O2)[C@H](C(=O)N(CC=C)c2ccc(OC)cc2)N([C@H](CO)c2ccccc2)C(=O)[C@@H]13)c1ccccc1. The fourth-order valence-electron chi connectivity index (χ4n) is 8.04. The number of rotatable bonds is 16. The topological polar surface area (TPSA) is 135 Å². The number of anilines is 1. The third kappa shape index (κ3) is 6.86. The van der Waals surface area contributed by atoms with E-state index in [9.17, 15) is 19.5 Å². The Labute approximate surface area is 303 Å². The summed E-state index contributed by atoms with van der Waals surface area (Å²) in [5.74, 6) is -3.04. The molecule has 3 heterocycles. The number of nitrogens with zero attached hydrogens (tertiary/aromatic N) is 2. The molecule has 0 aromatic heterocycles. The number of methoxy groups -OCH3 is 1. The molecule has 3 saturated heterocycles. The quantitative estimate of drug-likeness (QED) is 0.162. The summed E-state index contributed by atoms with van der Waals surface area (Å²) < 4.78 is 17.6. The maximum absolute atomic E-state index is 15.0. The van der Waals surface area contributed by atoms with Crippen LogP contribution in [0.15, 0.2) is 110 Å². The van der Waals surface area contributed by atoms with Gasteiger partial charge in [-0.05, 0) is 54.7 Å². The van der Waals surface area contributed by atoms with E-state index in [1.807, 2.05) is 48.5 Å². The van der Waals surface area contributed by atoms with Crippen LogP contribution in [0.5, 0.6) is 5.75 Å². The first-order chi connectivity index (χ1) is 25.3. The van der Waals surface area contributed by atoms with Crippen molar-refractivity contribution < 1.29 is 38.5 Å². The van der Waals surface area contributed by atoms with E-state index in [1.165, 1.54) is 4.90 Å². The molecular formula is C41H45N3O8. The molecular weight excluding hydrogens is 662 g/mol. The summed E-state index contributed by atoms with van der Waals surface area (Å²) in [6.45, 7) is 7.10. The number of hydrogen-bond acceptors (Lipinski definition) is 8. The van der Waals surface area contributed by atoms with E-state index in [2.05, 4.69) is 18.5 Å². The molecule has 0 aliphatic carbocycles. The summed E-state index contributed by atoms with van der Waals surface area (Å²) >= 11 is 0. The van der Waals surface area contributed by atoms with Crippen molar-refractivity contribution in [2.45, 2.75) is 55.5 Å². The van der Waals surface area contributed by atoms with E-state index in [4.69, 9.17) is 14.2 Å². The Bertz CT molecular complexity index is 1770. The minimum atomic E-state index is -1.34. The van der Waals surface area contributed by atoms with Crippen LogP contribution in [0, 0.1) is 11.8 Å². The smallest absolute Gasteiger partial charge is 0.306 e. The molecule has 1 spiro atoms. The summed E-state index contributed by atoms with van der Waals surface area (Å²) in [7, 11) is 1.56. The highest BCUT2D eigenvalue weighted by Gasteiger charge is 2.75. The molecule has 3 aliphatic rings. The van der Waals surface area contributed by atoms with Crippen LogP contribution < -0.4 is 15.0 Å². The number of fused-ring (bicyclic) bond motifs is 1. The molecule has 7 atom stereocenters. The lowest BCUT2D eigenvalue weighted by Crippen LogP contribution is -2.57. The summed E-state index contributed by atoms with van der Waals surface area (Å²) in [6.07, 6.45) is 4.05. The molecule has 3 aromatic rings. The van der Waals surface area contributed by atoms with Crippen molar-refractivity contribution in [1.82, 2.24) is 10.2 Å². The Hall–Kier alpha value is -5.26. The van der Waals surface area contributed by atoms with Gasteiger partial charge in [0.25, 0.3) is 5.91 Å². The molecule has 2 N–H and O–H groups in total. The van der Waals surface area contributed by atoms with Crippen molar-refractivity contribution >= 4 is 29.4 Å². The number of hydrogen-bond donors (Lipinski definition) is 2. The summed E-state index contributed by atoms with van der Waals surface area (Å²) in [4.78, 5) is 59.8. The van der Waals surface area contributed by atoms with Crippen LogP contribution in [0.3, 0.4) is 0 Å². The summed E-state index contributed by atoms with van der Waals surface area (Å²) in [5.41, 5.74) is 0.593. The van der Waals surface area contributed by atoms with Gasteiger partial charge in [-0.3, -0.25) is 19.2 Å². The number of allylic oxidation sites excluding steroid dienone is 1. The lowest BCUT2D eigenvalue weighted by molar-refractivity contribution is -0.146.